The molecule has 1 aliphatic rings. The van der Waals surface area contributed by atoms with Crippen LogP contribution in [0.5, 0.6) is 5.88 Å². The van der Waals surface area contributed by atoms with Crippen LogP contribution >= 0.6 is 0 Å². The molecule has 0 N–H and O–H groups in total. The minimum Gasteiger partial charge on any atom is -0.470 e. The lowest BCUT2D eigenvalue weighted by atomic mass is 10.1. The molecule has 0 aliphatic carbocycles. The molecular weight excluding hydrogens is 366 g/mol. The van der Waals surface area contributed by atoms with E-state index >= 15 is 0 Å². The van der Waals surface area contributed by atoms with Crippen LogP contribution in [0.2, 0.25) is 0 Å². The average Bonchev–Trinajstić information content (AvgIpc) is 2.68. The monoisotopic (exact) mass is 387 g/mol. The number of hydrogen-bond donors (Lipinski definition) is 0. The van der Waals surface area contributed by atoms with Gasteiger partial charge < -0.3 is 9.64 Å². The Morgan fingerprint density at radius 3 is 2.59 bits per heavy atom. The highest BCUT2D eigenvalue weighted by molar-refractivity contribution is 7.89. The van der Waals surface area contributed by atoms with Crippen LogP contribution in [0.3, 0.4) is 0 Å². The molecule has 27 heavy (non-hydrogen) atoms. The van der Waals surface area contributed by atoms with Crippen molar-refractivity contribution in [3.8, 4) is 11.9 Å². The molecule has 1 unspecified atom stereocenters. The largest absolute Gasteiger partial charge is 0.470 e. The average molecular weight is 387 g/mol. The first kappa shape index (κ1) is 19.1. The summed E-state index contributed by atoms with van der Waals surface area (Å²) in [7, 11) is 0.0521. The summed E-state index contributed by atoms with van der Waals surface area (Å²) in [5, 5.41) is 8.88. The molecule has 0 amide bonds. The molecule has 142 valence electrons. The summed E-state index contributed by atoms with van der Waals surface area (Å²) >= 11 is 0. The smallest absolute Gasteiger partial charge is 0.257 e. The zero-order valence-electron chi connectivity index (χ0n) is 15.2. The second-order valence-corrected chi connectivity index (χ2v) is 8.40. The quantitative estimate of drug-likeness (QED) is 0.769. The molecule has 1 aromatic carbocycles. The summed E-state index contributed by atoms with van der Waals surface area (Å²) in [5.41, 5.74) is 0.424. The van der Waals surface area contributed by atoms with Gasteiger partial charge in [0.25, 0.3) is 5.88 Å². The number of nitriles is 1. The Morgan fingerprint density at radius 1 is 1.22 bits per heavy atom. The van der Waals surface area contributed by atoms with Gasteiger partial charge in [0, 0.05) is 33.0 Å². The van der Waals surface area contributed by atoms with Crippen LogP contribution in [0.25, 0.3) is 0 Å². The lowest BCUT2D eigenvalue weighted by Crippen LogP contribution is -2.44. The Bertz CT molecular complexity index is 938. The molecular formula is C18H21N5O3S. The highest BCUT2D eigenvalue weighted by Gasteiger charge is 2.32. The van der Waals surface area contributed by atoms with Crippen LogP contribution in [0.4, 0.5) is 5.82 Å². The second-order valence-electron chi connectivity index (χ2n) is 6.46. The maximum Gasteiger partial charge on any atom is 0.257 e. The van der Waals surface area contributed by atoms with Crippen LogP contribution in [0.15, 0.2) is 41.6 Å². The Labute approximate surface area is 159 Å². The molecule has 0 spiro atoms. The second kappa shape index (κ2) is 7.90. The van der Waals surface area contributed by atoms with Crippen molar-refractivity contribution in [1.29, 1.82) is 5.26 Å². The highest BCUT2D eigenvalue weighted by Crippen LogP contribution is 2.26. The first-order chi connectivity index (χ1) is 12.9. The van der Waals surface area contributed by atoms with Gasteiger partial charge in [0.1, 0.15) is 6.10 Å². The summed E-state index contributed by atoms with van der Waals surface area (Å²) < 4.78 is 33.2. The fourth-order valence-electron chi connectivity index (χ4n) is 2.94. The third kappa shape index (κ3) is 4.18. The van der Waals surface area contributed by atoms with Crippen molar-refractivity contribution in [3.05, 3.63) is 42.2 Å². The highest BCUT2D eigenvalue weighted by atomic mass is 32.2. The molecule has 2 aromatic rings. The lowest BCUT2D eigenvalue weighted by molar-refractivity contribution is 0.125. The minimum atomic E-state index is -3.64. The molecule has 8 nitrogen and oxygen atoms in total. The Morgan fingerprint density at radius 2 is 1.93 bits per heavy atom. The Hall–Kier alpha value is -2.70. The molecule has 3 rings (SSSR count). The van der Waals surface area contributed by atoms with Crippen molar-refractivity contribution >= 4 is 15.8 Å². The number of sulfonamides is 1. The van der Waals surface area contributed by atoms with Gasteiger partial charge in [-0.3, -0.25) is 0 Å². The summed E-state index contributed by atoms with van der Waals surface area (Å²) in [6.07, 6.45) is 4.27. The van der Waals surface area contributed by atoms with Gasteiger partial charge in [0.15, 0.2) is 5.82 Å². The summed E-state index contributed by atoms with van der Waals surface area (Å²) in [6.45, 7) is 0.676. The maximum atomic E-state index is 12.9. The van der Waals surface area contributed by atoms with E-state index in [9.17, 15) is 8.42 Å². The zero-order chi connectivity index (χ0) is 19.4. The summed E-state index contributed by atoms with van der Waals surface area (Å²) in [6, 6.07) is 7.93. The van der Waals surface area contributed by atoms with E-state index < -0.39 is 10.0 Å². The third-order valence-electron chi connectivity index (χ3n) is 4.31. The minimum absolute atomic E-state index is 0.177. The molecule has 0 radical (unpaired) electrons. The van der Waals surface area contributed by atoms with Crippen LogP contribution < -0.4 is 9.64 Å². The number of benzene rings is 1. The van der Waals surface area contributed by atoms with Crippen molar-refractivity contribution < 1.29 is 13.2 Å². The van der Waals surface area contributed by atoms with E-state index in [4.69, 9.17) is 10.00 Å². The first-order valence-electron chi connectivity index (χ1n) is 8.57. The summed E-state index contributed by atoms with van der Waals surface area (Å²) in [4.78, 5) is 10.5. The number of anilines is 1. The van der Waals surface area contributed by atoms with Gasteiger partial charge in [0.2, 0.25) is 10.0 Å². The van der Waals surface area contributed by atoms with E-state index in [1.165, 1.54) is 28.6 Å². The number of hydrogen-bond acceptors (Lipinski definition) is 7. The van der Waals surface area contributed by atoms with Gasteiger partial charge in [0.05, 0.1) is 23.1 Å². The molecule has 1 atom stereocenters. The van der Waals surface area contributed by atoms with Gasteiger partial charge in [-0.15, -0.1) is 0 Å². The van der Waals surface area contributed by atoms with Crippen molar-refractivity contribution in [2.24, 2.45) is 0 Å². The van der Waals surface area contributed by atoms with E-state index in [1.807, 2.05) is 20.2 Å². The third-order valence-corrected chi connectivity index (χ3v) is 6.19. The standard InChI is InChI=1S/C18H21N5O3S/c1-22(2)17-18(21-10-9-20-17)26-15-4-3-11-23(13-15)27(24,25)16-7-5-14(12-19)6-8-16/h5-10,15H,3-4,11,13H2,1-2H3. The number of nitrogens with zero attached hydrogens (tertiary/aromatic N) is 5. The number of rotatable bonds is 5. The molecule has 0 bridgehead atoms. The van der Waals surface area contributed by atoms with E-state index in [1.54, 1.807) is 17.3 Å². The van der Waals surface area contributed by atoms with E-state index in [2.05, 4.69) is 9.97 Å². The molecule has 1 fully saturated rings. The fraction of sp³-hybridized carbons (Fsp3) is 0.389. The van der Waals surface area contributed by atoms with Gasteiger partial charge in [-0.25, -0.2) is 18.4 Å². The van der Waals surface area contributed by atoms with E-state index in [0.717, 1.165) is 6.42 Å². The lowest BCUT2D eigenvalue weighted by Gasteiger charge is -2.32. The van der Waals surface area contributed by atoms with Crippen LogP contribution in [-0.2, 0) is 10.0 Å². The predicted molar refractivity (Wildman–Crippen MR) is 99.9 cm³/mol. The summed E-state index contributed by atoms with van der Waals surface area (Å²) in [5.74, 6) is 0.995. The fourth-order valence-corrected chi connectivity index (χ4v) is 4.45. The number of ether oxygens (including phenoxy) is 1. The van der Waals surface area contributed by atoms with Gasteiger partial charge in [-0.05, 0) is 37.1 Å². The van der Waals surface area contributed by atoms with Crippen molar-refractivity contribution in [2.45, 2.75) is 23.8 Å². The molecule has 0 saturated carbocycles. The van der Waals surface area contributed by atoms with Crippen molar-refractivity contribution in [1.82, 2.24) is 14.3 Å². The molecule has 1 aliphatic heterocycles. The van der Waals surface area contributed by atoms with Gasteiger partial charge >= 0.3 is 0 Å². The van der Waals surface area contributed by atoms with E-state index in [-0.39, 0.29) is 17.5 Å². The van der Waals surface area contributed by atoms with Crippen LogP contribution in [-0.4, -0.2) is 56.0 Å². The van der Waals surface area contributed by atoms with Gasteiger partial charge in [-0.2, -0.15) is 9.57 Å². The van der Waals surface area contributed by atoms with Crippen LogP contribution in [0, 0.1) is 11.3 Å². The van der Waals surface area contributed by atoms with Crippen LogP contribution in [0.1, 0.15) is 18.4 Å². The molecule has 1 aromatic heterocycles. The Balaban J connectivity index is 1.77. The number of aromatic nitrogens is 2. The molecule has 1 saturated heterocycles. The Kier molecular flexibility index (Phi) is 5.58. The topological polar surface area (TPSA) is 99.4 Å². The number of piperidine rings is 1. The normalized spacial score (nSPS) is 17.9. The maximum absolute atomic E-state index is 12.9. The predicted octanol–water partition coefficient (Wildman–Crippen LogP) is 1.65. The zero-order valence-corrected chi connectivity index (χ0v) is 16.1. The van der Waals surface area contributed by atoms with Crippen molar-refractivity contribution in [2.75, 3.05) is 32.1 Å². The van der Waals surface area contributed by atoms with E-state index in [0.29, 0.717) is 30.2 Å². The first-order valence-corrected chi connectivity index (χ1v) is 10.0. The SMILES string of the molecule is CN(C)c1nccnc1OC1CCCN(S(=O)(=O)c2ccc(C#N)cc2)C1. The molecule has 2 heterocycles. The van der Waals surface area contributed by atoms with Crippen molar-refractivity contribution in [3.63, 3.8) is 0 Å². The van der Waals surface area contributed by atoms with Gasteiger partial charge in [-0.1, -0.05) is 0 Å². The molecule has 9 heteroatoms.